The molecule has 1 aromatic rings. The van der Waals surface area contributed by atoms with E-state index >= 15 is 0 Å². The zero-order valence-electron chi connectivity index (χ0n) is 8.86. The third-order valence-electron chi connectivity index (χ3n) is 2.83. The second-order valence-electron chi connectivity index (χ2n) is 4.14. The van der Waals surface area contributed by atoms with Crippen molar-refractivity contribution >= 4 is 11.8 Å². The van der Waals surface area contributed by atoms with Crippen molar-refractivity contribution in [2.45, 2.75) is 25.4 Å². The van der Waals surface area contributed by atoms with Gasteiger partial charge >= 0.3 is 0 Å². The summed E-state index contributed by atoms with van der Waals surface area (Å²) in [4.78, 5) is 7.31. The SMILES string of the molecule is Nc1ncc(F)c(NCC2CCC(O)C2)n1. The van der Waals surface area contributed by atoms with Gasteiger partial charge in [0.25, 0.3) is 0 Å². The Morgan fingerprint density at radius 3 is 3.06 bits per heavy atom. The van der Waals surface area contributed by atoms with Gasteiger partial charge in [0.2, 0.25) is 5.95 Å². The second-order valence-corrected chi connectivity index (χ2v) is 4.14. The highest BCUT2D eigenvalue weighted by molar-refractivity contribution is 5.39. The molecular formula is C10H15FN4O. The normalized spacial score (nSPS) is 24.6. The Hall–Kier alpha value is -1.43. The molecule has 1 aliphatic rings. The van der Waals surface area contributed by atoms with Crippen LogP contribution in [0.2, 0.25) is 0 Å². The molecule has 2 rings (SSSR count). The van der Waals surface area contributed by atoms with Crippen LogP contribution in [0.1, 0.15) is 19.3 Å². The molecule has 1 aromatic heterocycles. The second kappa shape index (κ2) is 4.61. The lowest BCUT2D eigenvalue weighted by Gasteiger charge is -2.11. The van der Waals surface area contributed by atoms with Crippen molar-refractivity contribution in [2.24, 2.45) is 5.92 Å². The van der Waals surface area contributed by atoms with Crippen LogP contribution in [0.15, 0.2) is 6.20 Å². The Labute approximate surface area is 92.9 Å². The molecule has 0 aromatic carbocycles. The molecule has 2 atom stereocenters. The van der Waals surface area contributed by atoms with E-state index in [1.54, 1.807) is 0 Å². The topological polar surface area (TPSA) is 84.1 Å². The molecule has 16 heavy (non-hydrogen) atoms. The summed E-state index contributed by atoms with van der Waals surface area (Å²) in [6, 6.07) is 0. The molecule has 0 aliphatic heterocycles. The largest absolute Gasteiger partial charge is 0.393 e. The summed E-state index contributed by atoms with van der Waals surface area (Å²) in [5, 5.41) is 12.2. The summed E-state index contributed by atoms with van der Waals surface area (Å²) in [5.41, 5.74) is 5.36. The first-order valence-electron chi connectivity index (χ1n) is 5.35. The summed E-state index contributed by atoms with van der Waals surface area (Å²) in [6.45, 7) is 0.602. The fourth-order valence-electron chi connectivity index (χ4n) is 1.98. The summed E-state index contributed by atoms with van der Waals surface area (Å²) in [5.74, 6) is 0.0441. The first kappa shape index (κ1) is 11.1. The highest BCUT2D eigenvalue weighted by atomic mass is 19.1. The number of nitrogens with two attached hydrogens (primary N) is 1. The fraction of sp³-hybridized carbons (Fsp3) is 0.600. The number of nitrogens with zero attached hydrogens (tertiary/aromatic N) is 2. The standard InChI is InChI=1S/C10H15FN4O/c11-8-5-14-10(12)15-9(8)13-4-6-1-2-7(16)3-6/h5-7,16H,1-4H2,(H3,12,13,14,15). The number of hydrogen-bond acceptors (Lipinski definition) is 5. The van der Waals surface area contributed by atoms with E-state index in [4.69, 9.17) is 5.73 Å². The highest BCUT2D eigenvalue weighted by Gasteiger charge is 2.22. The zero-order chi connectivity index (χ0) is 11.5. The molecule has 1 fully saturated rings. The van der Waals surface area contributed by atoms with Crippen molar-refractivity contribution < 1.29 is 9.50 Å². The first-order chi connectivity index (χ1) is 7.65. The molecule has 88 valence electrons. The van der Waals surface area contributed by atoms with Gasteiger partial charge in [-0.1, -0.05) is 0 Å². The molecule has 5 nitrogen and oxygen atoms in total. The molecule has 0 radical (unpaired) electrons. The van der Waals surface area contributed by atoms with Gasteiger partial charge in [0.15, 0.2) is 11.6 Å². The van der Waals surface area contributed by atoms with Gasteiger partial charge < -0.3 is 16.2 Å². The molecule has 6 heteroatoms. The van der Waals surface area contributed by atoms with Crippen molar-refractivity contribution in [1.82, 2.24) is 9.97 Å². The average Bonchev–Trinajstić information content (AvgIpc) is 2.66. The quantitative estimate of drug-likeness (QED) is 0.709. The molecule has 0 amide bonds. The Morgan fingerprint density at radius 2 is 2.38 bits per heavy atom. The molecule has 0 saturated heterocycles. The van der Waals surface area contributed by atoms with E-state index in [0.717, 1.165) is 25.5 Å². The van der Waals surface area contributed by atoms with Crippen LogP contribution in [0.4, 0.5) is 16.2 Å². The monoisotopic (exact) mass is 226 g/mol. The van der Waals surface area contributed by atoms with Gasteiger partial charge in [-0.05, 0) is 25.2 Å². The maximum absolute atomic E-state index is 13.2. The van der Waals surface area contributed by atoms with Gasteiger partial charge in [0.05, 0.1) is 12.3 Å². The van der Waals surface area contributed by atoms with Crippen LogP contribution in [0.25, 0.3) is 0 Å². The van der Waals surface area contributed by atoms with Gasteiger partial charge in [-0.25, -0.2) is 9.37 Å². The molecule has 1 saturated carbocycles. The third-order valence-corrected chi connectivity index (χ3v) is 2.83. The zero-order valence-corrected chi connectivity index (χ0v) is 8.86. The maximum atomic E-state index is 13.2. The van der Waals surface area contributed by atoms with Crippen LogP contribution in [0, 0.1) is 11.7 Å². The number of nitrogen functional groups attached to an aromatic ring is 1. The van der Waals surface area contributed by atoms with E-state index in [2.05, 4.69) is 15.3 Å². The Balaban J connectivity index is 1.91. The smallest absolute Gasteiger partial charge is 0.222 e. The molecule has 0 spiro atoms. The van der Waals surface area contributed by atoms with Crippen LogP contribution in [0.3, 0.4) is 0 Å². The van der Waals surface area contributed by atoms with Crippen LogP contribution in [-0.4, -0.2) is 27.7 Å². The van der Waals surface area contributed by atoms with Crippen molar-refractivity contribution in [2.75, 3.05) is 17.6 Å². The van der Waals surface area contributed by atoms with E-state index in [-0.39, 0.29) is 17.9 Å². The predicted molar refractivity (Wildman–Crippen MR) is 58.2 cm³/mol. The van der Waals surface area contributed by atoms with E-state index < -0.39 is 5.82 Å². The summed E-state index contributed by atoms with van der Waals surface area (Å²) in [7, 11) is 0. The number of aliphatic hydroxyl groups is 1. The van der Waals surface area contributed by atoms with Crippen molar-refractivity contribution in [3.05, 3.63) is 12.0 Å². The van der Waals surface area contributed by atoms with Crippen LogP contribution >= 0.6 is 0 Å². The third kappa shape index (κ3) is 2.57. The number of hydrogen-bond donors (Lipinski definition) is 3. The molecule has 4 N–H and O–H groups in total. The Morgan fingerprint density at radius 1 is 1.56 bits per heavy atom. The minimum Gasteiger partial charge on any atom is -0.393 e. The number of aliphatic hydroxyl groups excluding tert-OH is 1. The lowest BCUT2D eigenvalue weighted by atomic mass is 10.1. The van der Waals surface area contributed by atoms with E-state index in [1.807, 2.05) is 0 Å². The highest BCUT2D eigenvalue weighted by Crippen LogP contribution is 2.25. The van der Waals surface area contributed by atoms with Gasteiger partial charge in [0.1, 0.15) is 0 Å². The summed E-state index contributed by atoms with van der Waals surface area (Å²) < 4.78 is 13.2. The Kier molecular flexibility index (Phi) is 3.19. The van der Waals surface area contributed by atoms with Crippen LogP contribution in [0.5, 0.6) is 0 Å². The number of halogens is 1. The molecule has 2 unspecified atom stereocenters. The molecular weight excluding hydrogens is 211 g/mol. The van der Waals surface area contributed by atoms with Gasteiger partial charge in [-0.15, -0.1) is 0 Å². The summed E-state index contributed by atoms with van der Waals surface area (Å²) >= 11 is 0. The number of anilines is 2. The fourth-order valence-corrected chi connectivity index (χ4v) is 1.98. The molecule has 0 bridgehead atoms. The minimum absolute atomic E-state index is 0.0513. The van der Waals surface area contributed by atoms with Crippen LogP contribution < -0.4 is 11.1 Å². The number of aromatic nitrogens is 2. The lowest BCUT2D eigenvalue weighted by Crippen LogP contribution is -2.15. The predicted octanol–water partition coefficient (Wildman–Crippen LogP) is 0.771. The van der Waals surface area contributed by atoms with Crippen molar-refractivity contribution in [1.29, 1.82) is 0 Å². The molecule has 1 heterocycles. The summed E-state index contributed by atoms with van der Waals surface area (Å²) in [6.07, 6.45) is 3.37. The van der Waals surface area contributed by atoms with E-state index in [1.165, 1.54) is 0 Å². The van der Waals surface area contributed by atoms with Crippen LogP contribution in [-0.2, 0) is 0 Å². The maximum Gasteiger partial charge on any atom is 0.222 e. The van der Waals surface area contributed by atoms with Crippen molar-refractivity contribution in [3.8, 4) is 0 Å². The average molecular weight is 226 g/mol. The van der Waals surface area contributed by atoms with Gasteiger partial charge in [-0.3, -0.25) is 0 Å². The van der Waals surface area contributed by atoms with E-state index in [9.17, 15) is 9.50 Å². The minimum atomic E-state index is -0.507. The number of nitrogens with one attached hydrogen (secondary N) is 1. The lowest BCUT2D eigenvalue weighted by molar-refractivity contribution is 0.178. The van der Waals surface area contributed by atoms with E-state index in [0.29, 0.717) is 12.5 Å². The number of rotatable bonds is 3. The first-order valence-corrected chi connectivity index (χ1v) is 5.35. The molecule has 1 aliphatic carbocycles. The Bertz CT molecular complexity index is 374. The van der Waals surface area contributed by atoms with Gasteiger partial charge in [0, 0.05) is 6.54 Å². The van der Waals surface area contributed by atoms with Crippen molar-refractivity contribution in [3.63, 3.8) is 0 Å². The van der Waals surface area contributed by atoms with Gasteiger partial charge in [-0.2, -0.15) is 4.98 Å².